The SMILES string of the molecule is CN1CCC(NCc2cccc(Br)n2)CC1. The molecule has 2 rings (SSSR count). The van der Waals surface area contributed by atoms with Gasteiger partial charge in [-0.15, -0.1) is 0 Å². The predicted molar refractivity (Wildman–Crippen MR) is 69.3 cm³/mol. The number of hydrogen-bond donors (Lipinski definition) is 1. The van der Waals surface area contributed by atoms with Crippen LogP contribution in [0.4, 0.5) is 0 Å². The summed E-state index contributed by atoms with van der Waals surface area (Å²) in [5.41, 5.74) is 1.10. The normalized spacial score (nSPS) is 18.9. The molecule has 0 saturated carbocycles. The van der Waals surface area contributed by atoms with E-state index < -0.39 is 0 Å². The van der Waals surface area contributed by atoms with E-state index in [2.05, 4.69) is 44.2 Å². The van der Waals surface area contributed by atoms with Crippen LogP contribution in [-0.2, 0) is 6.54 Å². The smallest absolute Gasteiger partial charge is 0.106 e. The molecule has 1 aromatic rings. The number of halogens is 1. The fourth-order valence-electron chi connectivity index (χ4n) is 2.01. The third-order valence-electron chi connectivity index (χ3n) is 3.06. The van der Waals surface area contributed by atoms with Crippen LogP contribution < -0.4 is 5.32 Å². The van der Waals surface area contributed by atoms with E-state index in [9.17, 15) is 0 Å². The Balaban J connectivity index is 1.79. The van der Waals surface area contributed by atoms with Crippen LogP contribution in [0.5, 0.6) is 0 Å². The highest BCUT2D eigenvalue weighted by Gasteiger charge is 2.15. The van der Waals surface area contributed by atoms with Gasteiger partial charge in [0.25, 0.3) is 0 Å². The van der Waals surface area contributed by atoms with Crippen molar-refractivity contribution < 1.29 is 0 Å². The standard InChI is InChI=1S/C12H18BrN3/c1-16-7-5-10(6-8-16)14-9-11-3-2-4-12(13)15-11/h2-4,10,14H,5-9H2,1H3. The zero-order chi connectivity index (χ0) is 11.4. The van der Waals surface area contributed by atoms with Crippen molar-refractivity contribution in [1.29, 1.82) is 0 Å². The Morgan fingerprint density at radius 1 is 1.44 bits per heavy atom. The zero-order valence-corrected chi connectivity index (χ0v) is 11.2. The topological polar surface area (TPSA) is 28.2 Å². The lowest BCUT2D eigenvalue weighted by Gasteiger charge is -2.29. The van der Waals surface area contributed by atoms with Gasteiger partial charge in [-0.3, -0.25) is 0 Å². The number of piperidine rings is 1. The van der Waals surface area contributed by atoms with Crippen molar-refractivity contribution in [2.45, 2.75) is 25.4 Å². The average Bonchev–Trinajstić information content (AvgIpc) is 2.28. The molecule has 16 heavy (non-hydrogen) atoms. The largest absolute Gasteiger partial charge is 0.308 e. The number of pyridine rings is 1. The number of rotatable bonds is 3. The van der Waals surface area contributed by atoms with Crippen LogP contribution in [0.3, 0.4) is 0 Å². The summed E-state index contributed by atoms with van der Waals surface area (Å²) in [5.74, 6) is 0. The van der Waals surface area contributed by atoms with Crippen molar-refractivity contribution in [2.24, 2.45) is 0 Å². The fraction of sp³-hybridized carbons (Fsp3) is 0.583. The van der Waals surface area contributed by atoms with Gasteiger partial charge in [-0.25, -0.2) is 4.98 Å². The molecular formula is C12H18BrN3. The quantitative estimate of drug-likeness (QED) is 0.861. The Hall–Kier alpha value is -0.450. The summed E-state index contributed by atoms with van der Waals surface area (Å²) in [6.45, 7) is 3.26. The van der Waals surface area contributed by atoms with Crippen LogP contribution in [0.2, 0.25) is 0 Å². The van der Waals surface area contributed by atoms with Crippen molar-refractivity contribution in [2.75, 3.05) is 20.1 Å². The molecule has 0 atom stereocenters. The molecule has 1 aromatic heterocycles. The second-order valence-corrected chi connectivity index (χ2v) is 5.22. The zero-order valence-electron chi connectivity index (χ0n) is 9.62. The minimum absolute atomic E-state index is 0.650. The molecule has 1 saturated heterocycles. The van der Waals surface area contributed by atoms with Crippen LogP contribution in [-0.4, -0.2) is 36.1 Å². The molecule has 4 heteroatoms. The summed E-state index contributed by atoms with van der Waals surface area (Å²) in [5, 5.41) is 3.58. The molecule has 1 N–H and O–H groups in total. The van der Waals surface area contributed by atoms with Gasteiger partial charge in [0.2, 0.25) is 0 Å². The van der Waals surface area contributed by atoms with Crippen LogP contribution >= 0.6 is 15.9 Å². The highest BCUT2D eigenvalue weighted by Crippen LogP contribution is 2.10. The third-order valence-corrected chi connectivity index (χ3v) is 3.50. The van der Waals surface area contributed by atoms with Crippen LogP contribution in [0.1, 0.15) is 18.5 Å². The molecule has 0 aromatic carbocycles. The molecule has 0 unspecified atom stereocenters. The van der Waals surface area contributed by atoms with Crippen LogP contribution in [0.25, 0.3) is 0 Å². The molecule has 0 bridgehead atoms. The Bertz CT molecular complexity index is 335. The van der Waals surface area contributed by atoms with Crippen molar-refractivity contribution in [1.82, 2.24) is 15.2 Å². The van der Waals surface area contributed by atoms with Gasteiger partial charge in [-0.2, -0.15) is 0 Å². The Morgan fingerprint density at radius 3 is 2.88 bits per heavy atom. The van der Waals surface area contributed by atoms with E-state index in [1.54, 1.807) is 0 Å². The van der Waals surface area contributed by atoms with Gasteiger partial charge in [-0.1, -0.05) is 6.07 Å². The minimum atomic E-state index is 0.650. The van der Waals surface area contributed by atoms with Crippen molar-refractivity contribution in [3.8, 4) is 0 Å². The lowest BCUT2D eigenvalue weighted by atomic mass is 10.1. The molecule has 88 valence electrons. The monoisotopic (exact) mass is 283 g/mol. The summed E-state index contributed by atoms with van der Waals surface area (Å²) in [6, 6.07) is 6.70. The molecule has 0 radical (unpaired) electrons. The fourth-order valence-corrected chi connectivity index (χ4v) is 2.39. The van der Waals surface area contributed by atoms with Crippen molar-refractivity contribution in [3.63, 3.8) is 0 Å². The van der Waals surface area contributed by atoms with Crippen molar-refractivity contribution >= 4 is 15.9 Å². The van der Waals surface area contributed by atoms with E-state index in [0.717, 1.165) is 16.8 Å². The van der Waals surface area contributed by atoms with E-state index in [0.29, 0.717) is 6.04 Å². The predicted octanol–water partition coefficient (Wildman–Crippen LogP) is 2.03. The summed E-state index contributed by atoms with van der Waals surface area (Å²) < 4.78 is 0.912. The first-order chi connectivity index (χ1) is 7.74. The van der Waals surface area contributed by atoms with Gasteiger partial charge >= 0.3 is 0 Å². The lowest BCUT2D eigenvalue weighted by Crippen LogP contribution is -2.40. The van der Waals surface area contributed by atoms with E-state index in [4.69, 9.17) is 0 Å². The molecule has 1 fully saturated rings. The Morgan fingerprint density at radius 2 is 2.19 bits per heavy atom. The second-order valence-electron chi connectivity index (χ2n) is 4.41. The summed E-state index contributed by atoms with van der Waals surface area (Å²) >= 11 is 3.39. The first-order valence-corrected chi connectivity index (χ1v) is 6.57. The molecule has 1 aliphatic rings. The van der Waals surface area contributed by atoms with E-state index in [1.807, 2.05) is 12.1 Å². The second kappa shape index (κ2) is 5.75. The van der Waals surface area contributed by atoms with Crippen LogP contribution in [0.15, 0.2) is 22.8 Å². The van der Waals surface area contributed by atoms with E-state index in [-0.39, 0.29) is 0 Å². The maximum absolute atomic E-state index is 4.42. The molecule has 0 spiro atoms. The molecule has 0 aliphatic carbocycles. The Labute approximate surface area is 105 Å². The Kier molecular flexibility index (Phi) is 4.32. The maximum Gasteiger partial charge on any atom is 0.106 e. The van der Waals surface area contributed by atoms with Crippen molar-refractivity contribution in [3.05, 3.63) is 28.5 Å². The number of likely N-dealkylation sites (tertiary alicyclic amines) is 1. The van der Waals surface area contributed by atoms with Gasteiger partial charge in [0.05, 0.1) is 5.69 Å². The summed E-state index contributed by atoms with van der Waals surface area (Å²) in [6.07, 6.45) is 2.48. The van der Waals surface area contributed by atoms with Gasteiger partial charge in [0, 0.05) is 12.6 Å². The number of nitrogens with one attached hydrogen (secondary N) is 1. The molecular weight excluding hydrogens is 266 g/mol. The number of nitrogens with zero attached hydrogens (tertiary/aromatic N) is 2. The van der Waals surface area contributed by atoms with Gasteiger partial charge in [0.1, 0.15) is 4.60 Å². The third kappa shape index (κ3) is 3.54. The summed E-state index contributed by atoms with van der Waals surface area (Å²) in [7, 11) is 2.19. The highest BCUT2D eigenvalue weighted by atomic mass is 79.9. The van der Waals surface area contributed by atoms with Gasteiger partial charge < -0.3 is 10.2 Å². The first-order valence-electron chi connectivity index (χ1n) is 5.77. The lowest BCUT2D eigenvalue weighted by molar-refractivity contribution is 0.233. The van der Waals surface area contributed by atoms with E-state index >= 15 is 0 Å². The molecule has 1 aliphatic heterocycles. The van der Waals surface area contributed by atoms with Gasteiger partial charge in [-0.05, 0) is 61.0 Å². The minimum Gasteiger partial charge on any atom is -0.308 e. The summed E-state index contributed by atoms with van der Waals surface area (Å²) in [4.78, 5) is 6.80. The average molecular weight is 284 g/mol. The first kappa shape index (κ1) is 12.0. The molecule has 2 heterocycles. The number of aromatic nitrogens is 1. The maximum atomic E-state index is 4.42. The van der Waals surface area contributed by atoms with Crippen LogP contribution in [0, 0.1) is 0 Å². The van der Waals surface area contributed by atoms with E-state index in [1.165, 1.54) is 25.9 Å². The van der Waals surface area contributed by atoms with Gasteiger partial charge in [0.15, 0.2) is 0 Å². The molecule has 3 nitrogen and oxygen atoms in total. The highest BCUT2D eigenvalue weighted by molar-refractivity contribution is 9.10. The molecule has 0 amide bonds. The number of hydrogen-bond acceptors (Lipinski definition) is 3.